The minimum Gasteiger partial charge on any atom is -0.456 e. The third-order valence-electron chi connectivity index (χ3n) is 12.7. The molecule has 0 amide bonds. The molecule has 0 bridgehead atoms. The molecule has 0 atom stereocenters. The van der Waals surface area contributed by atoms with Gasteiger partial charge in [0.2, 0.25) is 0 Å². The van der Waals surface area contributed by atoms with Crippen LogP contribution in [-0.4, -0.2) is 0 Å². The van der Waals surface area contributed by atoms with Crippen molar-refractivity contribution in [1.29, 1.82) is 0 Å². The largest absolute Gasteiger partial charge is 0.456 e. The molecular formula is C62H41NO. The second-order valence-corrected chi connectivity index (χ2v) is 16.5. The highest BCUT2D eigenvalue weighted by Gasteiger charge is 2.22. The predicted molar refractivity (Wildman–Crippen MR) is 271 cm³/mol. The molecule has 0 aliphatic rings. The summed E-state index contributed by atoms with van der Waals surface area (Å²) in [5.74, 6) is 0. The van der Waals surface area contributed by atoms with E-state index in [1.165, 1.54) is 49.4 Å². The number of para-hydroxylation sites is 1. The summed E-state index contributed by atoms with van der Waals surface area (Å²) in [4.78, 5) is 2.43. The SMILES string of the molecule is c1ccc(-c2ccc(-c3c(-c4ccc5c(c4)oc4ccccc45)cccc3N(c3ccc(-c4ccccc4)cc3)c3cccc(-c4ccc5ccc6ccccc6c5c4)c3)cc2)cc1. The van der Waals surface area contributed by atoms with Gasteiger partial charge < -0.3 is 9.32 Å². The fourth-order valence-electron chi connectivity index (χ4n) is 9.49. The quantitative estimate of drug-likeness (QED) is 0.142. The lowest BCUT2D eigenvalue weighted by Crippen LogP contribution is -2.12. The van der Waals surface area contributed by atoms with E-state index in [0.29, 0.717) is 0 Å². The van der Waals surface area contributed by atoms with Crippen molar-refractivity contribution in [1.82, 2.24) is 0 Å². The Morgan fingerprint density at radius 1 is 0.266 bits per heavy atom. The zero-order chi connectivity index (χ0) is 42.4. The van der Waals surface area contributed by atoms with Crippen molar-refractivity contribution >= 4 is 60.5 Å². The first-order valence-corrected chi connectivity index (χ1v) is 21.9. The number of anilines is 3. The van der Waals surface area contributed by atoms with Crippen LogP contribution in [-0.2, 0) is 0 Å². The van der Waals surface area contributed by atoms with Crippen molar-refractivity contribution < 1.29 is 4.42 Å². The zero-order valence-electron chi connectivity index (χ0n) is 35.0. The van der Waals surface area contributed by atoms with Crippen LogP contribution in [0.15, 0.2) is 253 Å². The van der Waals surface area contributed by atoms with Gasteiger partial charge in [-0.25, -0.2) is 0 Å². The van der Waals surface area contributed by atoms with E-state index in [1.807, 2.05) is 12.1 Å². The van der Waals surface area contributed by atoms with Gasteiger partial charge in [-0.3, -0.25) is 0 Å². The van der Waals surface area contributed by atoms with Gasteiger partial charge in [0.25, 0.3) is 0 Å². The number of hydrogen-bond acceptors (Lipinski definition) is 2. The minimum absolute atomic E-state index is 0.874. The van der Waals surface area contributed by atoms with E-state index < -0.39 is 0 Å². The topological polar surface area (TPSA) is 16.4 Å². The lowest BCUT2D eigenvalue weighted by molar-refractivity contribution is 0.669. The van der Waals surface area contributed by atoms with Gasteiger partial charge in [0.1, 0.15) is 11.2 Å². The molecule has 64 heavy (non-hydrogen) atoms. The summed E-state index contributed by atoms with van der Waals surface area (Å²) in [6.45, 7) is 0. The average Bonchev–Trinajstić information content (AvgIpc) is 3.75. The van der Waals surface area contributed by atoms with E-state index in [0.717, 1.165) is 66.8 Å². The van der Waals surface area contributed by atoms with Gasteiger partial charge in [-0.05, 0) is 126 Å². The highest BCUT2D eigenvalue weighted by atomic mass is 16.3. The maximum Gasteiger partial charge on any atom is 0.136 e. The second-order valence-electron chi connectivity index (χ2n) is 16.5. The summed E-state index contributed by atoms with van der Waals surface area (Å²) in [5.41, 5.74) is 16.5. The zero-order valence-corrected chi connectivity index (χ0v) is 35.0. The molecule has 1 aromatic heterocycles. The van der Waals surface area contributed by atoms with Gasteiger partial charge >= 0.3 is 0 Å². The van der Waals surface area contributed by atoms with Crippen LogP contribution in [0, 0.1) is 0 Å². The number of rotatable bonds is 8. The van der Waals surface area contributed by atoms with Crippen molar-refractivity contribution in [3.63, 3.8) is 0 Å². The van der Waals surface area contributed by atoms with Gasteiger partial charge in [-0.15, -0.1) is 0 Å². The predicted octanol–water partition coefficient (Wildman–Crippen LogP) is 17.7. The van der Waals surface area contributed by atoms with Crippen LogP contribution >= 0.6 is 0 Å². The maximum absolute atomic E-state index is 6.48. The monoisotopic (exact) mass is 815 g/mol. The Hall–Kier alpha value is -8.46. The standard InChI is InChI=1S/C62H41NO/c1-3-13-42(14-4-1)44-25-30-48(31-26-44)62-55(51-35-38-57-56-21-9-10-24-60(56)64-61(57)41-51)22-12-23-59(62)63(52-36-33-45(34-37-52)43-15-5-2-6-16-43)53-19-11-18-49(39-53)50-32-29-47-28-27-46-17-7-8-20-54(46)58(47)40-50/h1-41H. The number of furan rings is 1. The normalized spacial score (nSPS) is 11.4. The van der Waals surface area contributed by atoms with Gasteiger partial charge in [-0.2, -0.15) is 0 Å². The van der Waals surface area contributed by atoms with Crippen LogP contribution in [0.1, 0.15) is 0 Å². The highest BCUT2D eigenvalue weighted by molar-refractivity contribution is 6.09. The second kappa shape index (κ2) is 15.8. The van der Waals surface area contributed by atoms with Crippen molar-refractivity contribution in [3.8, 4) is 55.6 Å². The summed E-state index contributed by atoms with van der Waals surface area (Å²) < 4.78 is 6.48. The first-order valence-electron chi connectivity index (χ1n) is 21.9. The first-order chi connectivity index (χ1) is 31.7. The summed E-state index contributed by atoms with van der Waals surface area (Å²) >= 11 is 0. The Morgan fingerprint density at radius 2 is 0.797 bits per heavy atom. The Morgan fingerprint density at radius 3 is 1.56 bits per heavy atom. The molecule has 0 spiro atoms. The molecule has 300 valence electrons. The molecule has 0 aliphatic carbocycles. The average molecular weight is 816 g/mol. The number of benzene rings is 11. The number of hydrogen-bond donors (Lipinski definition) is 0. The fraction of sp³-hybridized carbons (Fsp3) is 0. The summed E-state index contributed by atoms with van der Waals surface area (Å²) in [6.07, 6.45) is 0. The summed E-state index contributed by atoms with van der Waals surface area (Å²) in [7, 11) is 0. The van der Waals surface area contributed by atoms with E-state index in [9.17, 15) is 0 Å². The Labute approximate surface area is 372 Å². The van der Waals surface area contributed by atoms with Crippen LogP contribution in [0.25, 0.3) is 99.1 Å². The molecule has 12 rings (SSSR count). The lowest BCUT2D eigenvalue weighted by atomic mass is 9.90. The molecular weight excluding hydrogens is 775 g/mol. The van der Waals surface area contributed by atoms with E-state index in [-0.39, 0.29) is 0 Å². The smallest absolute Gasteiger partial charge is 0.136 e. The Balaban J connectivity index is 1.07. The lowest BCUT2D eigenvalue weighted by Gasteiger charge is -2.30. The fourth-order valence-corrected chi connectivity index (χ4v) is 9.49. The van der Waals surface area contributed by atoms with Crippen molar-refractivity contribution in [3.05, 3.63) is 249 Å². The molecule has 0 aliphatic heterocycles. The van der Waals surface area contributed by atoms with Gasteiger partial charge in [0.05, 0.1) is 5.69 Å². The molecule has 0 radical (unpaired) electrons. The first kappa shape index (κ1) is 37.3. The molecule has 0 saturated heterocycles. The summed E-state index contributed by atoms with van der Waals surface area (Å²) in [5, 5.41) is 7.24. The number of nitrogens with zero attached hydrogens (tertiary/aromatic N) is 1. The third-order valence-corrected chi connectivity index (χ3v) is 12.7. The minimum atomic E-state index is 0.874. The highest BCUT2D eigenvalue weighted by Crippen LogP contribution is 2.47. The molecule has 2 nitrogen and oxygen atoms in total. The molecule has 0 unspecified atom stereocenters. The van der Waals surface area contributed by atoms with E-state index in [1.54, 1.807) is 0 Å². The van der Waals surface area contributed by atoms with Crippen LogP contribution in [0.5, 0.6) is 0 Å². The third kappa shape index (κ3) is 6.70. The van der Waals surface area contributed by atoms with Crippen LogP contribution < -0.4 is 4.90 Å². The molecule has 12 aromatic rings. The van der Waals surface area contributed by atoms with Crippen LogP contribution in [0.3, 0.4) is 0 Å². The molecule has 2 heteroatoms. The molecule has 0 fully saturated rings. The Kier molecular flexibility index (Phi) is 9.20. The van der Waals surface area contributed by atoms with Crippen molar-refractivity contribution in [2.24, 2.45) is 0 Å². The molecule has 11 aromatic carbocycles. The van der Waals surface area contributed by atoms with E-state index in [4.69, 9.17) is 4.42 Å². The molecule has 1 heterocycles. The van der Waals surface area contributed by atoms with Crippen LogP contribution in [0.4, 0.5) is 17.1 Å². The van der Waals surface area contributed by atoms with Gasteiger partial charge in [0, 0.05) is 27.7 Å². The van der Waals surface area contributed by atoms with Crippen molar-refractivity contribution in [2.75, 3.05) is 4.90 Å². The number of fused-ring (bicyclic) bond motifs is 6. The van der Waals surface area contributed by atoms with E-state index in [2.05, 4.69) is 241 Å². The molecule has 0 saturated carbocycles. The van der Waals surface area contributed by atoms with Gasteiger partial charge in [-0.1, -0.05) is 194 Å². The van der Waals surface area contributed by atoms with Crippen molar-refractivity contribution in [2.45, 2.75) is 0 Å². The van der Waals surface area contributed by atoms with Gasteiger partial charge in [0.15, 0.2) is 0 Å². The molecule has 0 N–H and O–H groups in total. The maximum atomic E-state index is 6.48. The Bertz CT molecular complexity index is 3640. The summed E-state index contributed by atoms with van der Waals surface area (Å²) in [6, 6.07) is 89.9. The van der Waals surface area contributed by atoms with Crippen LogP contribution in [0.2, 0.25) is 0 Å². The van der Waals surface area contributed by atoms with E-state index >= 15 is 0 Å².